The number of fused-ring (bicyclic) bond motifs is 2. The lowest BCUT2D eigenvalue weighted by Gasteiger charge is -2.29. The summed E-state index contributed by atoms with van der Waals surface area (Å²) >= 11 is 0. The lowest BCUT2D eigenvalue weighted by molar-refractivity contribution is 0.202. The molecule has 1 aromatic rings. The van der Waals surface area contributed by atoms with Gasteiger partial charge in [-0.2, -0.15) is 0 Å². The van der Waals surface area contributed by atoms with E-state index in [4.69, 9.17) is 5.73 Å². The Morgan fingerprint density at radius 2 is 2.06 bits per heavy atom. The molecule has 2 aliphatic rings. The summed E-state index contributed by atoms with van der Waals surface area (Å²) in [5.41, 5.74) is 7.53. The standard InChI is InChI=1S/C14H20N2/c15-14(12-4-2-1-3-5-12)10-16-9-11-6-7-13(16)8-11/h1-5,11,13-14H,6-10,15H2. The van der Waals surface area contributed by atoms with Crippen LogP contribution >= 0.6 is 0 Å². The van der Waals surface area contributed by atoms with Crippen molar-refractivity contribution in [3.8, 4) is 0 Å². The number of rotatable bonds is 3. The Kier molecular flexibility index (Phi) is 2.70. The zero-order chi connectivity index (χ0) is 11.0. The molecule has 3 rings (SSSR count). The molecule has 3 unspecified atom stereocenters. The number of benzene rings is 1. The Bertz CT molecular complexity index is 349. The molecule has 1 heterocycles. The predicted molar refractivity (Wildman–Crippen MR) is 66.1 cm³/mol. The minimum absolute atomic E-state index is 0.181. The molecule has 1 saturated heterocycles. The summed E-state index contributed by atoms with van der Waals surface area (Å²) in [5.74, 6) is 0.966. The Morgan fingerprint density at radius 1 is 1.25 bits per heavy atom. The van der Waals surface area contributed by atoms with E-state index >= 15 is 0 Å². The lowest BCUT2D eigenvalue weighted by atomic mass is 10.1. The molecule has 1 aromatic carbocycles. The average Bonchev–Trinajstić information content (AvgIpc) is 2.92. The second-order valence-electron chi connectivity index (χ2n) is 5.30. The van der Waals surface area contributed by atoms with Gasteiger partial charge in [0.2, 0.25) is 0 Å². The summed E-state index contributed by atoms with van der Waals surface area (Å²) in [6, 6.07) is 11.5. The molecule has 0 amide bonds. The van der Waals surface area contributed by atoms with E-state index in [1.54, 1.807) is 0 Å². The van der Waals surface area contributed by atoms with Crippen molar-refractivity contribution in [3.05, 3.63) is 35.9 Å². The van der Waals surface area contributed by atoms with E-state index < -0.39 is 0 Å². The number of hydrogen-bond acceptors (Lipinski definition) is 2. The Labute approximate surface area is 97.4 Å². The molecular formula is C14H20N2. The highest BCUT2D eigenvalue weighted by molar-refractivity contribution is 5.19. The molecule has 0 aromatic heterocycles. The van der Waals surface area contributed by atoms with Crippen molar-refractivity contribution in [1.82, 2.24) is 4.90 Å². The minimum atomic E-state index is 0.181. The number of hydrogen-bond donors (Lipinski definition) is 1. The van der Waals surface area contributed by atoms with Gasteiger partial charge in [-0.15, -0.1) is 0 Å². The van der Waals surface area contributed by atoms with Crippen LogP contribution in [0.4, 0.5) is 0 Å². The molecule has 2 nitrogen and oxygen atoms in total. The van der Waals surface area contributed by atoms with E-state index in [9.17, 15) is 0 Å². The Morgan fingerprint density at radius 3 is 2.69 bits per heavy atom. The molecule has 2 N–H and O–H groups in total. The number of nitrogens with zero attached hydrogens (tertiary/aromatic N) is 1. The summed E-state index contributed by atoms with van der Waals surface area (Å²) in [4.78, 5) is 2.60. The maximum absolute atomic E-state index is 6.26. The first-order chi connectivity index (χ1) is 7.83. The van der Waals surface area contributed by atoms with Gasteiger partial charge < -0.3 is 5.73 Å². The van der Waals surface area contributed by atoms with E-state index in [0.29, 0.717) is 0 Å². The molecular weight excluding hydrogens is 196 g/mol. The number of nitrogens with two attached hydrogens (primary N) is 1. The van der Waals surface area contributed by atoms with Gasteiger partial charge in [-0.3, -0.25) is 4.90 Å². The van der Waals surface area contributed by atoms with Gasteiger partial charge in [0.1, 0.15) is 0 Å². The second kappa shape index (κ2) is 4.19. The van der Waals surface area contributed by atoms with Crippen molar-refractivity contribution in [2.75, 3.05) is 13.1 Å². The van der Waals surface area contributed by atoms with Crippen LogP contribution in [0, 0.1) is 5.92 Å². The third kappa shape index (κ3) is 1.87. The first kappa shape index (κ1) is 10.3. The topological polar surface area (TPSA) is 29.3 Å². The van der Waals surface area contributed by atoms with E-state index in [2.05, 4.69) is 29.2 Å². The van der Waals surface area contributed by atoms with Gasteiger partial charge in [0.15, 0.2) is 0 Å². The van der Waals surface area contributed by atoms with Crippen LogP contribution in [-0.2, 0) is 0 Å². The van der Waals surface area contributed by atoms with Crippen LogP contribution in [0.15, 0.2) is 30.3 Å². The van der Waals surface area contributed by atoms with Crippen molar-refractivity contribution in [2.45, 2.75) is 31.3 Å². The Balaban J connectivity index is 1.63. The van der Waals surface area contributed by atoms with Crippen LogP contribution in [0.1, 0.15) is 30.9 Å². The molecule has 2 fully saturated rings. The van der Waals surface area contributed by atoms with E-state index in [-0.39, 0.29) is 6.04 Å². The van der Waals surface area contributed by atoms with Crippen LogP contribution in [-0.4, -0.2) is 24.0 Å². The van der Waals surface area contributed by atoms with Crippen molar-refractivity contribution in [2.24, 2.45) is 11.7 Å². The molecule has 86 valence electrons. The largest absolute Gasteiger partial charge is 0.323 e. The number of piperidine rings is 1. The van der Waals surface area contributed by atoms with E-state index in [1.165, 1.54) is 31.4 Å². The monoisotopic (exact) mass is 216 g/mol. The highest BCUT2D eigenvalue weighted by Crippen LogP contribution is 2.37. The van der Waals surface area contributed by atoms with Crippen molar-refractivity contribution >= 4 is 0 Å². The highest BCUT2D eigenvalue weighted by atomic mass is 15.2. The molecule has 0 spiro atoms. The smallest absolute Gasteiger partial charge is 0.0424 e. The molecule has 1 saturated carbocycles. The quantitative estimate of drug-likeness (QED) is 0.839. The highest BCUT2D eigenvalue weighted by Gasteiger charge is 2.37. The van der Waals surface area contributed by atoms with E-state index in [0.717, 1.165) is 18.5 Å². The molecule has 2 bridgehead atoms. The SMILES string of the molecule is NC(CN1CC2CCC1C2)c1ccccc1. The zero-order valence-electron chi connectivity index (χ0n) is 9.68. The first-order valence-electron chi connectivity index (χ1n) is 6.37. The molecule has 3 atom stereocenters. The molecule has 1 aliphatic heterocycles. The van der Waals surface area contributed by atoms with Gasteiger partial charge in [0, 0.05) is 25.2 Å². The van der Waals surface area contributed by atoms with Gasteiger partial charge in [0.05, 0.1) is 0 Å². The minimum Gasteiger partial charge on any atom is -0.323 e. The maximum atomic E-state index is 6.26. The number of likely N-dealkylation sites (tertiary alicyclic amines) is 1. The zero-order valence-corrected chi connectivity index (χ0v) is 9.68. The van der Waals surface area contributed by atoms with Crippen molar-refractivity contribution in [3.63, 3.8) is 0 Å². The summed E-state index contributed by atoms with van der Waals surface area (Å²) in [6.07, 6.45) is 4.26. The van der Waals surface area contributed by atoms with Crippen LogP contribution < -0.4 is 5.73 Å². The molecule has 16 heavy (non-hydrogen) atoms. The second-order valence-corrected chi connectivity index (χ2v) is 5.30. The fourth-order valence-corrected chi connectivity index (χ4v) is 3.31. The van der Waals surface area contributed by atoms with Gasteiger partial charge in [-0.25, -0.2) is 0 Å². The lowest BCUT2D eigenvalue weighted by Crippen LogP contribution is -2.37. The summed E-state index contributed by atoms with van der Waals surface area (Å²) in [6.45, 7) is 2.32. The van der Waals surface area contributed by atoms with Gasteiger partial charge >= 0.3 is 0 Å². The summed E-state index contributed by atoms with van der Waals surface area (Å²) in [5, 5.41) is 0. The fourth-order valence-electron chi connectivity index (χ4n) is 3.31. The maximum Gasteiger partial charge on any atom is 0.0424 e. The molecule has 0 radical (unpaired) electrons. The predicted octanol–water partition coefficient (Wildman–Crippen LogP) is 2.17. The fraction of sp³-hybridized carbons (Fsp3) is 0.571. The van der Waals surface area contributed by atoms with Crippen molar-refractivity contribution < 1.29 is 0 Å². The van der Waals surface area contributed by atoms with Crippen LogP contribution in [0.5, 0.6) is 0 Å². The first-order valence-corrected chi connectivity index (χ1v) is 6.37. The van der Waals surface area contributed by atoms with Crippen LogP contribution in [0.25, 0.3) is 0 Å². The summed E-state index contributed by atoms with van der Waals surface area (Å²) < 4.78 is 0. The van der Waals surface area contributed by atoms with E-state index in [1.807, 2.05) is 6.07 Å². The summed E-state index contributed by atoms with van der Waals surface area (Å²) in [7, 11) is 0. The van der Waals surface area contributed by atoms with Crippen molar-refractivity contribution in [1.29, 1.82) is 0 Å². The van der Waals surface area contributed by atoms with Crippen LogP contribution in [0.2, 0.25) is 0 Å². The van der Waals surface area contributed by atoms with Gasteiger partial charge in [-0.1, -0.05) is 30.3 Å². The normalized spacial score (nSPS) is 30.8. The molecule has 1 aliphatic carbocycles. The Hall–Kier alpha value is -0.860. The van der Waals surface area contributed by atoms with Crippen LogP contribution in [0.3, 0.4) is 0 Å². The van der Waals surface area contributed by atoms with Gasteiger partial charge in [-0.05, 0) is 30.7 Å². The third-order valence-electron chi connectivity index (χ3n) is 4.18. The molecule has 2 heteroatoms. The average molecular weight is 216 g/mol. The third-order valence-corrected chi connectivity index (χ3v) is 4.18. The van der Waals surface area contributed by atoms with Gasteiger partial charge in [0.25, 0.3) is 0 Å².